The minimum atomic E-state index is -0.733. The summed E-state index contributed by atoms with van der Waals surface area (Å²) in [5.41, 5.74) is 0.364. The molecule has 0 unspecified atom stereocenters. The van der Waals surface area contributed by atoms with Gasteiger partial charge in [0.05, 0.1) is 13.7 Å². The Hall–Kier alpha value is -1.96. The molecule has 0 saturated heterocycles. The molecule has 0 aliphatic rings. The van der Waals surface area contributed by atoms with Gasteiger partial charge in [-0.15, -0.1) is 5.10 Å². The van der Waals surface area contributed by atoms with E-state index in [2.05, 4.69) is 15.1 Å². The molecule has 2 aromatic rings. The topological polar surface area (TPSA) is 79.1 Å². The third kappa shape index (κ3) is 3.62. The van der Waals surface area contributed by atoms with Gasteiger partial charge in [0, 0.05) is 13.0 Å². The first kappa shape index (κ1) is 16.4. The summed E-state index contributed by atoms with van der Waals surface area (Å²) in [6.45, 7) is 2.53. The van der Waals surface area contributed by atoms with E-state index in [1.807, 2.05) is 0 Å². The monoisotopic (exact) mass is 330 g/mol. The van der Waals surface area contributed by atoms with Crippen molar-refractivity contribution in [3.8, 4) is 5.88 Å². The van der Waals surface area contributed by atoms with Crippen molar-refractivity contribution in [1.29, 1.82) is 0 Å². The van der Waals surface area contributed by atoms with Crippen LogP contribution < -0.4 is 4.74 Å². The number of esters is 1. The number of carbonyl (C=O) groups excluding carboxylic acids is 1. The molecule has 0 aliphatic heterocycles. The molecule has 0 bridgehead atoms. The largest absolute Gasteiger partial charge is 0.479 e. The van der Waals surface area contributed by atoms with Gasteiger partial charge < -0.3 is 9.47 Å². The fourth-order valence-electron chi connectivity index (χ4n) is 2.06. The summed E-state index contributed by atoms with van der Waals surface area (Å²) in [6.07, 6.45) is 1.55. The molecule has 0 amide bonds. The molecule has 0 aliphatic carbocycles. The van der Waals surface area contributed by atoms with E-state index < -0.39 is 5.95 Å². The highest BCUT2D eigenvalue weighted by Gasteiger charge is 2.18. The van der Waals surface area contributed by atoms with Gasteiger partial charge in [0.1, 0.15) is 0 Å². The van der Waals surface area contributed by atoms with Crippen molar-refractivity contribution >= 4 is 28.6 Å². The van der Waals surface area contributed by atoms with Gasteiger partial charge in [-0.25, -0.2) is 4.98 Å². The lowest BCUT2D eigenvalue weighted by Gasteiger charge is -2.06. The maximum atomic E-state index is 13.8. The first-order valence-electron chi connectivity index (χ1n) is 6.86. The Labute approximate surface area is 131 Å². The van der Waals surface area contributed by atoms with Crippen LogP contribution in [-0.4, -0.2) is 39.4 Å². The summed E-state index contributed by atoms with van der Waals surface area (Å²) in [6, 6.07) is 0. The van der Waals surface area contributed by atoms with Gasteiger partial charge in [0.2, 0.25) is 11.2 Å². The number of aromatic nitrogens is 4. The Kier molecular flexibility index (Phi) is 5.48. The zero-order chi connectivity index (χ0) is 16.1. The lowest BCUT2D eigenvalue weighted by Crippen LogP contribution is -2.06. The predicted octanol–water partition coefficient (Wildman–Crippen LogP) is 2.36. The van der Waals surface area contributed by atoms with Crippen LogP contribution in [-0.2, 0) is 16.1 Å². The van der Waals surface area contributed by atoms with Gasteiger partial charge in [-0.3, -0.25) is 9.48 Å². The molecule has 0 N–H and O–H groups in total. The Morgan fingerprint density at radius 2 is 2.14 bits per heavy atom. The Bertz CT molecular complexity index is 677. The standard InChI is InChI=1S/C13H16ClFN4O3/c1-3-22-8(20)6-4-5-7-19-10-9(11(15)18-19)16-13(14)17-12(10)21-2/h3-7H2,1-2H3. The quantitative estimate of drug-likeness (QED) is 0.440. The number of halogens is 2. The first-order chi connectivity index (χ1) is 10.6. The fraction of sp³-hybridized carbons (Fsp3) is 0.538. The van der Waals surface area contributed by atoms with Crippen molar-refractivity contribution < 1.29 is 18.7 Å². The highest BCUT2D eigenvalue weighted by molar-refractivity contribution is 6.28. The van der Waals surface area contributed by atoms with Gasteiger partial charge in [0.15, 0.2) is 11.0 Å². The van der Waals surface area contributed by atoms with E-state index >= 15 is 0 Å². The van der Waals surface area contributed by atoms with E-state index in [1.165, 1.54) is 11.8 Å². The minimum absolute atomic E-state index is 0.0160. The van der Waals surface area contributed by atoms with Crippen molar-refractivity contribution in [3.05, 3.63) is 11.2 Å². The molecule has 0 fully saturated rings. The number of hydrogen-bond acceptors (Lipinski definition) is 6. The molecule has 120 valence electrons. The van der Waals surface area contributed by atoms with Gasteiger partial charge in [0.25, 0.3) is 5.95 Å². The van der Waals surface area contributed by atoms with Crippen LogP contribution in [0.1, 0.15) is 26.2 Å². The predicted molar refractivity (Wildman–Crippen MR) is 77.3 cm³/mol. The molecule has 0 saturated carbocycles. The van der Waals surface area contributed by atoms with Crippen molar-refractivity contribution in [2.45, 2.75) is 32.7 Å². The number of carbonyl (C=O) groups is 1. The van der Waals surface area contributed by atoms with Gasteiger partial charge in [-0.05, 0) is 31.4 Å². The summed E-state index contributed by atoms with van der Waals surface area (Å²) in [5.74, 6) is -0.813. The number of fused-ring (bicyclic) bond motifs is 1. The first-order valence-corrected chi connectivity index (χ1v) is 7.23. The Balaban J connectivity index is 2.10. The lowest BCUT2D eigenvalue weighted by atomic mass is 10.2. The van der Waals surface area contributed by atoms with Crippen LogP contribution in [0.15, 0.2) is 0 Å². The van der Waals surface area contributed by atoms with Crippen LogP contribution in [0.4, 0.5) is 4.39 Å². The van der Waals surface area contributed by atoms with Crippen LogP contribution in [0.5, 0.6) is 5.88 Å². The molecule has 2 rings (SSSR count). The van der Waals surface area contributed by atoms with E-state index in [1.54, 1.807) is 6.92 Å². The number of nitrogens with zero attached hydrogens (tertiary/aromatic N) is 4. The van der Waals surface area contributed by atoms with Crippen molar-refractivity contribution in [2.24, 2.45) is 0 Å². The number of hydrogen-bond donors (Lipinski definition) is 0. The zero-order valence-electron chi connectivity index (χ0n) is 12.3. The third-order valence-electron chi connectivity index (χ3n) is 2.99. The summed E-state index contributed by atoms with van der Waals surface area (Å²) in [5, 5.41) is 3.68. The Morgan fingerprint density at radius 3 is 2.82 bits per heavy atom. The van der Waals surface area contributed by atoms with Crippen LogP contribution in [0.25, 0.3) is 11.0 Å². The molecule has 0 aromatic carbocycles. The molecule has 2 heterocycles. The number of aryl methyl sites for hydroxylation is 1. The number of unbranched alkanes of at least 4 members (excludes halogenated alkanes) is 1. The molecule has 2 aromatic heterocycles. The number of rotatable bonds is 7. The average Bonchev–Trinajstić information content (AvgIpc) is 2.79. The zero-order valence-corrected chi connectivity index (χ0v) is 13.1. The Morgan fingerprint density at radius 1 is 1.36 bits per heavy atom. The second-order valence-electron chi connectivity index (χ2n) is 4.48. The normalized spacial score (nSPS) is 10.9. The summed E-state index contributed by atoms with van der Waals surface area (Å²) in [7, 11) is 1.41. The minimum Gasteiger partial charge on any atom is -0.479 e. The van der Waals surface area contributed by atoms with Crippen molar-refractivity contribution in [3.63, 3.8) is 0 Å². The smallest absolute Gasteiger partial charge is 0.305 e. The summed E-state index contributed by atoms with van der Waals surface area (Å²) >= 11 is 5.72. The molecule has 22 heavy (non-hydrogen) atoms. The van der Waals surface area contributed by atoms with E-state index in [9.17, 15) is 9.18 Å². The van der Waals surface area contributed by atoms with Crippen LogP contribution in [0.3, 0.4) is 0 Å². The highest BCUT2D eigenvalue weighted by Crippen LogP contribution is 2.26. The number of methoxy groups -OCH3 is 1. The van der Waals surface area contributed by atoms with E-state index in [0.717, 1.165) is 0 Å². The van der Waals surface area contributed by atoms with E-state index in [4.69, 9.17) is 21.1 Å². The lowest BCUT2D eigenvalue weighted by molar-refractivity contribution is -0.143. The average molecular weight is 331 g/mol. The molecular weight excluding hydrogens is 315 g/mol. The molecule has 7 nitrogen and oxygen atoms in total. The van der Waals surface area contributed by atoms with E-state index in [0.29, 0.717) is 37.9 Å². The van der Waals surface area contributed by atoms with Crippen molar-refractivity contribution in [2.75, 3.05) is 13.7 Å². The van der Waals surface area contributed by atoms with Gasteiger partial charge in [-0.2, -0.15) is 9.37 Å². The second kappa shape index (κ2) is 7.35. The molecule has 0 radical (unpaired) electrons. The molecule has 9 heteroatoms. The SMILES string of the molecule is CCOC(=O)CCCCn1nc(F)c2nc(Cl)nc(OC)c21. The second-order valence-corrected chi connectivity index (χ2v) is 4.81. The van der Waals surface area contributed by atoms with Gasteiger partial charge in [-0.1, -0.05) is 0 Å². The van der Waals surface area contributed by atoms with Crippen molar-refractivity contribution in [1.82, 2.24) is 19.7 Å². The molecular formula is C13H16ClFN4O3. The molecule has 0 spiro atoms. The summed E-state index contributed by atoms with van der Waals surface area (Å²) in [4.78, 5) is 19.0. The number of ether oxygens (including phenoxy) is 2. The van der Waals surface area contributed by atoms with E-state index in [-0.39, 0.29) is 22.6 Å². The van der Waals surface area contributed by atoms with Crippen LogP contribution in [0.2, 0.25) is 5.28 Å². The third-order valence-corrected chi connectivity index (χ3v) is 3.16. The van der Waals surface area contributed by atoms with Crippen LogP contribution >= 0.6 is 11.6 Å². The molecule has 0 atom stereocenters. The van der Waals surface area contributed by atoms with Gasteiger partial charge >= 0.3 is 5.97 Å². The summed E-state index contributed by atoms with van der Waals surface area (Å²) < 4.78 is 25.2. The van der Waals surface area contributed by atoms with Crippen LogP contribution in [0, 0.1) is 5.95 Å². The maximum absolute atomic E-state index is 13.8. The highest BCUT2D eigenvalue weighted by atomic mass is 35.5. The maximum Gasteiger partial charge on any atom is 0.305 e. The fourth-order valence-corrected chi connectivity index (χ4v) is 2.22.